The molecule has 0 aliphatic carbocycles. The predicted molar refractivity (Wildman–Crippen MR) is 93.9 cm³/mol. The lowest BCUT2D eigenvalue weighted by Gasteiger charge is -2.15. The minimum Gasteiger partial charge on any atom is -0.497 e. The summed E-state index contributed by atoms with van der Waals surface area (Å²) in [4.78, 5) is 26.4. The zero-order valence-electron chi connectivity index (χ0n) is 13.8. The highest BCUT2D eigenvalue weighted by atomic mass is 35.5. The Morgan fingerprint density at radius 3 is 2.50 bits per heavy atom. The van der Waals surface area contributed by atoms with Crippen molar-refractivity contribution in [1.82, 2.24) is 4.90 Å². The number of methoxy groups -OCH3 is 1. The summed E-state index contributed by atoms with van der Waals surface area (Å²) in [6.07, 6.45) is 0. The van der Waals surface area contributed by atoms with Crippen LogP contribution in [0.3, 0.4) is 0 Å². The fraction of sp³-hybridized carbons (Fsp3) is 0.158. The van der Waals surface area contributed by atoms with Gasteiger partial charge in [0.25, 0.3) is 11.8 Å². The summed E-state index contributed by atoms with van der Waals surface area (Å²) in [7, 11) is 1.55. The number of amides is 2. The average Bonchev–Trinajstić information content (AvgIpc) is 3.20. The Labute approximate surface area is 154 Å². The fourth-order valence-electron chi connectivity index (χ4n) is 2.92. The number of halogens is 1. The van der Waals surface area contributed by atoms with E-state index in [2.05, 4.69) is 0 Å². The Morgan fingerprint density at radius 2 is 1.77 bits per heavy atom. The van der Waals surface area contributed by atoms with Gasteiger partial charge in [0.05, 0.1) is 19.2 Å². The molecule has 4 rings (SSSR count). The summed E-state index contributed by atoms with van der Waals surface area (Å²) in [6.45, 7) is 0.263. The lowest BCUT2D eigenvalue weighted by molar-refractivity contribution is -0.137. The van der Waals surface area contributed by atoms with Gasteiger partial charge in [0.1, 0.15) is 10.8 Å². The molecule has 0 saturated heterocycles. The molecule has 26 heavy (non-hydrogen) atoms. The third kappa shape index (κ3) is 2.68. The van der Waals surface area contributed by atoms with Gasteiger partial charge in [0, 0.05) is 0 Å². The molecule has 0 aromatic heterocycles. The van der Waals surface area contributed by atoms with Crippen molar-refractivity contribution < 1.29 is 23.8 Å². The Morgan fingerprint density at radius 1 is 1.04 bits per heavy atom. The Balaban J connectivity index is 1.60. The van der Waals surface area contributed by atoms with Crippen LogP contribution < -0.4 is 14.2 Å². The quantitative estimate of drug-likeness (QED) is 0.773. The van der Waals surface area contributed by atoms with Crippen molar-refractivity contribution in [2.45, 2.75) is 6.54 Å². The molecule has 2 heterocycles. The van der Waals surface area contributed by atoms with Crippen LogP contribution in [0.25, 0.3) is 5.57 Å². The molecule has 0 radical (unpaired) electrons. The van der Waals surface area contributed by atoms with Crippen molar-refractivity contribution >= 4 is 29.0 Å². The molecule has 0 saturated carbocycles. The monoisotopic (exact) mass is 371 g/mol. The van der Waals surface area contributed by atoms with E-state index in [0.717, 1.165) is 10.5 Å². The molecule has 6 nitrogen and oxygen atoms in total. The van der Waals surface area contributed by atoms with E-state index in [0.29, 0.717) is 22.8 Å². The second-order valence-electron chi connectivity index (χ2n) is 5.80. The molecule has 132 valence electrons. The van der Waals surface area contributed by atoms with Crippen molar-refractivity contribution in [3.05, 3.63) is 58.6 Å². The molecule has 0 unspecified atom stereocenters. The average molecular weight is 372 g/mol. The molecule has 2 aromatic carbocycles. The molecule has 2 aliphatic rings. The third-order valence-corrected chi connectivity index (χ3v) is 4.62. The van der Waals surface area contributed by atoms with Gasteiger partial charge in [-0.05, 0) is 35.4 Å². The van der Waals surface area contributed by atoms with Crippen molar-refractivity contribution in [3.63, 3.8) is 0 Å². The van der Waals surface area contributed by atoms with Crippen LogP contribution in [0.5, 0.6) is 17.2 Å². The first kappa shape index (κ1) is 16.5. The summed E-state index contributed by atoms with van der Waals surface area (Å²) in [5, 5.41) is -0.0825. The van der Waals surface area contributed by atoms with Gasteiger partial charge in [0.2, 0.25) is 6.79 Å². The van der Waals surface area contributed by atoms with E-state index in [1.165, 1.54) is 0 Å². The maximum Gasteiger partial charge on any atom is 0.273 e. The second-order valence-corrected chi connectivity index (χ2v) is 6.18. The minimum atomic E-state index is -0.514. The van der Waals surface area contributed by atoms with Crippen LogP contribution in [-0.4, -0.2) is 30.6 Å². The molecule has 0 bridgehead atoms. The summed E-state index contributed by atoms with van der Waals surface area (Å²) in [5.41, 5.74) is 1.51. The normalized spacial score (nSPS) is 15.8. The summed E-state index contributed by atoms with van der Waals surface area (Å²) in [6, 6.07) is 12.1. The van der Waals surface area contributed by atoms with Crippen LogP contribution in [0.4, 0.5) is 0 Å². The first-order valence-electron chi connectivity index (χ1n) is 7.87. The zero-order chi connectivity index (χ0) is 18.3. The van der Waals surface area contributed by atoms with Gasteiger partial charge in [-0.15, -0.1) is 0 Å². The Hall–Kier alpha value is -2.99. The first-order chi connectivity index (χ1) is 12.6. The number of rotatable bonds is 4. The van der Waals surface area contributed by atoms with Crippen molar-refractivity contribution in [1.29, 1.82) is 0 Å². The van der Waals surface area contributed by atoms with Gasteiger partial charge in [-0.3, -0.25) is 14.5 Å². The van der Waals surface area contributed by atoms with E-state index in [-0.39, 0.29) is 23.9 Å². The SMILES string of the molecule is COc1ccc(C2=C(Cl)C(=O)N(Cc3ccc4c(c3)OCO4)C2=O)cc1. The predicted octanol–water partition coefficient (Wildman–Crippen LogP) is 2.94. The molecule has 2 aromatic rings. The summed E-state index contributed by atoms with van der Waals surface area (Å²) < 4.78 is 15.7. The number of hydrogen-bond donors (Lipinski definition) is 0. The third-order valence-electron chi connectivity index (χ3n) is 4.27. The number of carbonyl (C=O) groups excluding carboxylic acids is 2. The van der Waals surface area contributed by atoms with E-state index in [9.17, 15) is 9.59 Å². The van der Waals surface area contributed by atoms with Crippen LogP contribution in [0.1, 0.15) is 11.1 Å². The van der Waals surface area contributed by atoms with Crippen molar-refractivity contribution in [2.75, 3.05) is 13.9 Å². The van der Waals surface area contributed by atoms with E-state index in [4.69, 9.17) is 25.8 Å². The van der Waals surface area contributed by atoms with Gasteiger partial charge in [-0.1, -0.05) is 29.8 Å². The van der Waals surface area contributed by atoms with E-state index >= 15 is 0 Å². The van der Waals surface area contributed by atoms with Gasteiger partial charge in [-0.25, -0.2) is 0 Å². The van der Waals surface area contributed by atoms with Gasteiger partial charge in [-0.2, -0.15) is 0 Å². The number of ether oxygens (including phenoxy) is 3. The second kappa shape index (κ2) is 6.38. The Kier molecular flexibility index (Phi) is 4.05. The van der Waals surface area contributed by atoms with Crippen LogP contribution >= 0.6 is 11.6 Å². The zero-order valence-corrected chi connectivity index (χ0v) is 14.6. The molecular weight excluding hydrogens is 358 g/mol. The van der Waals surface area contributed by atoms with Crippen molar-refractivity contribution in [3.8, 4) is 17.2 Å². The Bertz CT molecular complexity index is 935. The molecular formula is C19H14ClNO5. The fourth-order valence-corrected chi connectivity index (χ4v) is 3.21. The van der Waals surface area contributed by atoms with Gasteiger partial charge < -0.3 is 14.2 Å². The molecule has 2 amide bonds. The lowest BCUT2D eigenvalue weighted by Crippen LogP contribution is -2.30. The number of fused-ring (bicyclic) bond motifs is 1. The summed E-state index contributed by atoms with van der Waals surface area (Å²) in [5.74, 6) is 0.946. The highest BCUT2D eigenvalue weighted by Crippen LogP contribution is 2.36. The van der Waals surface area contributed by atoms with Gasteiger partial charge in [0.15, 0.2) is 11.5 Å². The number of nitrogens with zero attached hydrogens (tertiary/aromatic N) is 1. The minimum absolute atomic E-state index is 0.0825. The maximum absolute atomic E-state index is 12.8. The van der Waals surface area contributed by atoms with Gasteiger partial charge >= 0.3 is 0 Å². The summed E-state index contributed by atoms with van der Waals surface area (Å²) >= 11 is 6.18. The van der Waals surface area contributed by atoms with E-state index in [1.54, 1.807) is 49.6 Å². The lowest BCUT2D eigenvalue weighted by atomic mass is 10.1. The first-order valence-corrected chi connectivity index (χ1v) is 8.25. The topological polar surface area (TPSA) is 65.1 Å². The van der Waals surface area contributed by atoms with Crippen LogP contribution in [-0.2, 0) is 16.1 Å². The van der Waals surface area contributed by atoms with E-state index in [1.807, 2.05) is 0 Å². The number of benzene rings is 2. The largest absolute Gasteiger partial charge is 0.497 e. The van der Waals surface area contributed by atoms with E-state index < -0.39 is 11.8 Å². The van der Waals surface area contributed by atoms with Crippen LogP contribution in [0.15, 0.2) is 47.5 Å². The highest BCUT2D eigenvalue weighted by Gasteiger charge is 2.38. The standard InChI is InChI=1S/C19H14ClNO5/c1-24-13-5-3-12(4-6-13)16-17(20)19(23)21(18(16)22)9-11-2-7-14-15(8-11)26-10-25-14/h2-8H,9-10H2,1H3. The number of hydrogen-bond acceptors (Lipinski definition) is 5. The molecule has 7 heteroatoms. The maximum atomic E-state index is 12.8. The molecule has 0 atom stereocenters. The molecule has 0 spiro atoms. The number of imide groups is 1. The number of carbonyl (C=O) groups is 2. The van der Waals surface area contributed by atoms with Crippen LogP contribution in [0.2, 0.25) is 0 Å². The highest BCUT2D eigenvalue weighted by molar-refractivity contribution is 6.55. The molecule has 0 N–H and O–H groups in total. The molecule has 0 fully saturated rings. The van der Waals surface area contributed by atoms with Crippen LogP contribution in [0, 0.1) is 0 Å². The van der Waals surface area contributed by atoms with Crippen molar-refractivity contribution in [2.24, 2.45) is 0 Å². The smallest absolute Gasteiger partial charge is 0.273 e. The molecule has 2 aliphatic heterocycles.